The first-order chi connectivity index (χ1) is 13.8. The van der Waals surface area contributed by atoms with Crippen LogP contribution >= 0.6 is 0 Å². The Hall–Kier alpha value is -3.36. The van der Waals surface area contributed by atoms with Crippen molar-refractivity contribution in [3.05, 3.63) is 65.5 Å². The van der Waals surface area contributed by atoms with Gasteiger partial charge >= 0.3 is 5.97 Å². The Morgan fingerprint density at radius 1 is 0.966 bits per heavy atom. The molecule has 0 aliphatic carbocycles. The van der Waals surface area contributed by atoms with E-state index >= 15 is 0 Å². The molecular formula is C20H19F3N2O4. The van der Waals surface area contributed by atoms with Crippen LogP contribution in [0.15, 0.2) is 42.5 Å². The molecule has 0 unspecified atom stereocenters. The predicted molar refractivity (Wildman–Crippen MR) is 98.4 cm³/mol. The maximum Gasteiger partial charge on any atom is 0.306 e. The van der Waals surface area contributed by atoms with E-state index in [1.54, 1.807) is 0 Å². The van der Waals surface area contributed by atoms with E-state index in [0.29, 0.717) is 6.07 Å². The van der Waals surface area contributed by atoms with Gasteiger partial charge in [-0.25, -0.2) is 13.2 Å². The lowest BCUT2D eigenvalue weighted by Gasteiger charge is -2.11. The monoisotopic (exact) mass is 408 g/mol. The summed E-state index contributed by atoms with van der Waals surface area (Å²) in [4.78, 5) is 35.2. The Kier molecular flexibility index (Phi) is 7.76. The van der Waals surface area contributed by atoms with Gasteiger partial charge < -0.3 is 15.4 Å². The van der Waals surface area contributed by atoms with Crippen molar-refractivity contribution < 1.29 is 32.3 Å². The Labute approximate surface area is 165 Å². The average Bonchev–Trinajstić information content (AvgIpc) is 2.71. The molecule has 0 fully saturated rings. The van der Waals surface area contributed by atoms with E-state index in [1.807, 2.05) is 42.6 Å². The number of esters is 1. The van der Waals surface area contributed by atoms with Gasteiger partial charge in [0.15, 0.2) is 24.1 Å². The summed E-state index contributed by atoms with van der Waals surface area (Å²) >= 11 is 0. The van der Waals surface area contributed by atoms with E-state index in [1.165, 1.54) is 0 Å². The number of hydrogen-bond acceptors (Lipinski definition) is 4. The lowest BCUT2D eigenvalue weighted by atomic mass is 9.98. The van der Waals surface area contributed by atoms with E-state index in [4.69, 9.17) is 4.74 Å². The Morgan fingerprint density at radius 3 is 2.34 bits per heavy atom. The summed E-state index contributed by atoms with van der Waals surface area (Å²) in [6.07, 6.45) is 0.0766. The van der Waals surface area contributed by atoms with E-state index in [-0.39, 0.29) is 12.3 Å². The first-order valence-electron chi connectivity index (χ1n) is 8.68. The molecule has 2 N–H and O–H groups in total. The van der Waals surface area contributed by atoms with Crippen LogP contribution in [0.3, 0.4) is 0 Å². The fraction of sp³-hybridized carbons (Fsp3) is 0.250. The first kappa shape index (κ1) is 21.9. The molecule has 9 heteroatoms. The normalized spacial score (nSPS) is 11.4. The molecule has 2 aromatic carbocycles. The van der Waals surface area contributed by atoms with Crippen LogP contribution in [0.5, 0.6) is 0 Å². The summed E-state index contributed by atoms with van der Waals surface area (Å²) in [5, 5.41) is 4.17. The van der Waals surface area contributed by atoms with Crippen LogP contribution < -0.4 is 10.6 Å². The third-order valence-electron chi connectivity index (χ3n) is 3.96. The molecule has 0 saturated carbocycles. The molecule has 0 heterocycles. The second-order valence-electron chi connectivity index (χ2n) is 6.22. The largest absolute Gasteiger partial charge is 0.456 e. The number of hydrogen-bond donors (Lipinski definition) is 2. The number of anilines is 1. The van der Waals surface area contributed by atoms with Crippen molar-refractivity contribution in [2.45, 2.75) is 19.3 Å². The van der Waals surface area contributed by atoms with E-state index in [9.17, 15) is 27.6 Å². The van der Waals surface area contributed by atoms with Gasteiger partial charge in [0.1, 0.15) is 0 Å². The van der Waals surface area contributed by atoms with Crippen LogP contribution in [0.25, 0.3) is 0 Å². The van der Waals surface area contributed by atoms with Gasteiger partial charge in [0, 0.05) is 0 Å². The fourth-order valence-corrected chi connectivity index (χ4v) is 2.40. The van der Waals surface area contributed by atoms with Crippen LogP contribution in [0, 0.1) is 17.5 Å². The topological polar surface area (TPSA) is 84.5 Å². The third-order valence-corrected chi connectivity index (χ3v) is 3.96. The van der Waals surface area contributed by atoms with Gasteiger partial charge in [0.25, 0.3) is 5.91 Å². The maximum absolute atomic E-state index is 13.5. The highest BCUT2D eigenvalue weighted by molar-refractivity contribution is 5.94. The molecule has 1 atom stereocenters. The number of benzene rings is 2. The molecule has 0 bridgehead atoms. The molecule has 0 aliphatic rings. The molecule has 2 aromatic rings. The van der Waals surface area contributed by atoms with Crippen molar-refractivity contribution in [2.75, 3.05) is 18.5 Å². The molecule has 0 spiro atoms. The average molecular weight is 408 g/mol. The van der Waals surface area contributed by atoms with Gasteiger partial charge in [-0.15, -0.1) is 0 Å². The zero-order valence-corrected chi connectivity index (χ0v) is 15.5. The number of carbonyl (C=O) groups is 3. The van der Waals surface area contributed by atoms with Crippen LogP contribution in [0.2, 0.25) is 0 Å². The zero-order chi connectivity index (χ0) is 21.4. The lowest BCUT2D eigenvalue weighted by molar-refractivity contribution is -0.148. The molecule has 0 saturated heterocycles. The summed E-state index contributed by atoms with van der Waals surface area (Å²) in [5.74, 6) is -6.95. The number of nitrogens with one attached hydrogen (secondary N) is 2. The van der Waals surface area contributed by atoms with E-state index < -0.39 is 54.1 Å². The standard InChI is InChI=1S/C20H19F3N2O4/c1-12(13-5-3-2-4-6-13)9-18(28)29-11-17(27)24-10-16(26)25-15-8-7-14(21)19(22)20(15)23/h2-8,12H,9-11H2,1H3,(H,24,27)(H,25,26)/t12-/m1/s1. The molecular weight excluding hydrogens is 389 g/mol. The van der Waals surface area contributed by atoms with Crippen molar-refractivity contribution in [1.82, 2.24) is 5.32 Å². The van der Waals surface area contributed by atoms with Crippen molar-refractivity contribution in [3.63, 3.8) is 0 Å². The quantitative estimate of drug-likeness (QED) is 0.520. The van der Waals surface area contributed by atoms with Crippen LogP contribution in [-0.4, -0.2) is 30.9 Å². The minimum atomic E-state index is -1.72. The number of halogens is 3. The van der Waals surface area contributed by atoms with Gasteiger partial charge in [-0.2, -0.15) is 0 Å². The molecule has 29 heavy (non-hydrogen) atoms. The summed E-state index contributed by atoms with van der Waals surface area (Å²) in [6, 6.07) is 10.8. The molecule has 0 aliphatic heterocycles. The van der Waals surface area contributed by atoms with Gasteiger partial charge in [-0.05, 0) is 23.6 Å². The van der Waals surface area contributed by atoms with Crippen LogP contribution in [-0.2, 0) is 19.1 Å². The predicted octanol–water partition coefficient (Wildman–Crippen LogP) is 2.90. The highest BCUT2D eigenvalue weighted by Crippen LogP contribution is 2.20. The SMILES string of the molecule is C[C@H](CC(=O)OCC(=O)NCC(=O)Nc1ccc(F)c(F)c1F)c1ccccc1. The molecule has 2 amide bonds. The molecule has 0 radical (unpaired) electrons. The van der Waals surface area contributed by atoms with Crippen LogP contribution in [0.1, 0.15) is 24.8 Å². The first-order valence-corrected chi connectivity index (χ1v) is 8.68. The highest BCUT2D eigenvalue weighted by atomic mass is 19.2. The van der Waals surface area contributed by atoms with Gasteiger partial charge in [0.2, 0.25) is 5.91 Å². The number of carbonyl (C=O) groups excluding carboxylic acids is 3. The van der Waals surface area contributed by atoms with Crippen LogP contribution in [0.4, 0.5) is 18.9 Å². The summed E-state index contributed by atoms with van der Waals surface area (Å²) in [5.41, 5.74) is 0.388. The van der Waals surface area contributed by atoms with Crippen molar-refractivity contribution in [2.24, 2.45) is 0 Å². The Balaban J connectivity index is 1.72. The van der Waals surface area contributed by atoms with Gasteiger partial charge in [-0.1, -0.05) is 37.3 Å². The van der Waals surface area contributed by atoms with Crippen molar-refractivity contribution in [3.8, 4) is 0 Å². The Morgan fingerprint density at radius 2 is 1.66 bits per heavy atom. The third kappa shape index (κ3) is 6.63. The van der Waals surface area contributed by atoms with Crippen molar-refractivity contribution >= 4 is 23.5 Å². The minimum absolute atomic E-state index is 0.0766. The molecule has 2 rings (SSSR count). The molecule has 0 aromatic heterocycles. The van der Waals surface area contributed by atoms with Crippen molar-refractivity contribution in [1.29, 1.82) is 0 Å². The van der Waals surface area contributed by atoms with E-state index in [0.717, 1.165) is 11.6 Å². The summed E-state index contributed by atoms with van der Waals surface area (Å²) in [6.45, 7) is 0.681. The molecule has 6 nitrogen and oxygen atoms in total. The minimum Gasteiger partial charge on any atom is -0.456 e. The van der Waals surface area contributed by atoms with E-state index in [2.05, 4.69) is 5.32 Å². The highest BCUT2D eigenvalue weighted by Gasteiger charge is 2.16. The second kappa shape index (κ2) is 10.3. The summed E-state index contributed by atoms with van der Waals surface area (Å²) < 4.78 is 44.3. The smallest absolute Gasteiger partial charge is 0.306 e. The second-order valence-corrected chi connectivity index (χ2v) is 6.22. The number of ether oxygens (including phenoxy) is 1. The fourth-order valence-electron chi connectivity index (χ4n) is 2.40. The Bertz CT molecular complexity index is 891. The van der Waals surface area contributed by atoms with Gasteiger partial charge in [0.05, 0.1) is 18.7 Å². The zero-order valence-electron chi connectivity index (χ0n) is 15.5. The number of rotatable bonds is 8. The maximum atomic E-state index is 13.5. The lowest BCUT2D eigenvalue weighted by Crippen LogP contribution is -2.35. The number of amides is 2. The van der Waals surface area contributed by atoms with Gasteiger partial charge in [-0.3, -0.25) is 14.4 Å². The molecule has 154 valence electrons. The summed E-state index contributed by atoms with van der Waals surface area (Å²) in [7, 11) is 0.